The van der Waals surface area contributed by atoms with Gasteiger partial charge in [0, 0.05) is 18.2 Å². The van der Waals surface area contributed by atoms with Crippen LogP contribution in [0.4, 0.5) is 0 Å². The third kappa shape index (κ3) is 2.69. The van der Waals surface area contributed by atoms with Gasteiger partial charge in [-0.15, -0.1) is 0 Å². The molecule has 1 aromatic rings. The highest BCUT2D eigenvalue weighted by Gasteiger charge is 2.31. The molecule has 1 heterocycles. The molecule has 1 fully saturated rings. The lowest BCUT2D eigenvalue weighted by atomic mass is 9.84. The van der Waals surface area contributed by atoms with E-state index in [4.69, 9.17) is 4.74 Å². The second kappa shape index (κ2) is 5.02. The summed E-state index contributed by atoms with van der Waals surface area (Å²) in [4.78, 5) is 0. The highest BCUT2D eigenvalue weighted by molar-refractivity contribution is 5.44. The van der Waals surface area contributed by atoms with Gasteiger partial charge in [-0.3, -0.25) is 0 Å². The van der Waals surface area contributed by atoms with E-state index >= 15 is 0 Å². The Morgan fingerprint density at radius 3 is 2.84 bits per heavy atom. The van der Waals surface area contributed by atoms with Crippen molar-refractivity contribution in [1.82, 2.24) is 5.32 Å². The molecule has 4 heteroatoms. The molecule has 4 nitrogen and oxygen atoms in total. The molecule has 3 N–H and O–H groups in total. The number of ether oxygens (including phenoxy) is 1. The first-order valence-corrected chi connectivity index (χ1v) is 7.08. The average molecular weight is 263 g/mol. The van der Waals surface area contributed by atoms with Crippen LogP contribution in [0.5, 0.6) is 11.5 Å². The molecule has 1 aromatic carbocycles. The zero-order valence-electron chi connectivity index (χ0n) is 11.1. The molecule has 0 radical (unpaired) electrons. The first-order valence-electron chi connectivity index (χ1n) is 7.08. The van der Waals surface area contributed by atoms with Gasteiger partial charge in [0.25, 0.3) is 0 Å². The third-order valence-electron chi connectivity index (χ3n) is 4.24. The average Bonchev–Trinajstić information content (AvgIpc) is 2.79. The van der Waals surface area contributed by atoms with Crippen LogP contribution in [0.2, 0.25) is 0 Å². The summed E-state index contributed by atoms with van der Waals surface area (Å²) in [7, 11) is 0. The zero-order chi connectivity index (χ0) is 13.3. The first-order chi connectivity index (χ1) is 9.16. The fourth-order valence-electron chi connectivity index (χ4n) is 3.07. The molecule has 1 aliphatic heterocycles. The third-order valence-corrected chi connectivity index (χ3v) is 4.24. The molecule has 19 heavy (non-hydrogen) atoms. The maximum absolute atomic E-state index is 10.5. The van der Waals surface area contributed by atoms with E-state index < -0.39 is 5.60 Å². The molecule has 1 atom stereocenters. The molecule has 0 saturated heterocycles. The van der Waals surface area contributed by atoms with Crippen molar-refractivity contribution >= 4 is 0 Å². The lowest BCUT2D eigenvalue weighted by molar-refractivity contribution is 0.00215. The number of nitrogens with one attached hydrogen (secondary N) is 1. The van der Waals surface area contributed by atoms with Gasteiger partial charge in [0.05, 0.1) is 11.6 Å². The van der Waals surface area contributed by atoms with Crippen molar-refractivity contribution in [2.24, 2.45) is 0 Å². The minimum Gasteiger partial charge on any atom is -0.508 e. The molecule has 104 valence electrons. The van der Waals surface area contributed by atoms with Gasteiger partial charge in [-0.1, -0.05) is 19.3 Å². The van der Waals surface area contributed by atoms with Crippen molar-refractivity contribution in [1.29, 1.82) is 0 Å². The van der Waals surface area contributed by atoms with E-state index in [0.717, 1.165) is 37.0 Å². The fourth-order valence-corrected chi connectivity index (χ4v) is 3.07. The summed E-state index contributed by atoms with van der Waals surface area (Å²) in [5.74, 6) is 0.971. The Morgan fingerprint density at radius 1 is 1.26 bits per heavy atom. The van der Waals surface area contributed by atoms with E-state index in [9.17, 15) is 10.2 Å². The summed E-state index contributed by atoms with van der Waals surface area (Å²) in [6.07, 6.45) is 5.23. The van der Waals surface area contributed by atoms with E-state index in [2.05, 4.69) is 5.32 Å². The van der Waals surface area contributed by atoms with Crippen molar-refractivity contribution < 1.29 is 14.9 Å². The van der Waals surface area contributed by atoms with Crippen LogP contribution < -0.4 is 10.1 Å². The van der Waals surface area contributed by atoms with E-state index in [1.54, 1.807) is 12.1 Å². The van der Waals surface area contributed by atoms with Crippen molar-refractivity contribution in [2.45, 2.75) is 43.7 Å². The molecule has 2 aliphatic rings. The van der Waals surface area contributed by atoms with Crippen LogP contribution in [0.1, 0.15) is 43.7 Å². The predicted molar refractivity (Wildman–Crippen MR) is 72.4 cm³/mol. The van der Waals surface area contributed by atoms with Gasteiger partial charge in [-0.05, 0) is 25.0 Å². The summed E-state index contributed by atoms with van der Waals surface area (Å²) >= 11 is 0. The Balaban J connectivity index is 1.63. The van der Waals surface area contributed by atoms with Gasteiger partial charge < -0.3 is 20.3 Å². The predicted octanol–water partition coefficient (Wildman–Crippen LogP) is 2.11. The number of phenols is 1. The number of fused-ring (bicyclic) bond motifs is 1. The smallest absolute Gasteiger partial charge is 0.127 e. The van der Waals surface area contributed by atoms with Crippen LogP contribution in [0.15, 0.2) is 18.2 Å². The van der Waals surface area contributed by atoms with Gasteiger partial charge in [0.1, 0.15) is 18.1 Å². The summed E-state index contributed by atoms with van der Waals surface area (Å²) < 4.78 is 5.56. The maximum atomic E-state index is 10.5. The van der Waals surface area contributed by atoms with Gasteiger partial charge in [-0.2, -0.15) is 0 Å². The van der Waals surface area contributed by atoms with Crippen LogP contribution in [0, 0.1) is 0 Å². The second-order valence-electron chi connectivity index (χ2n) is 5.75. The number of aromatic hydroxyl groups is 1. The van der Waals surface area contributed by atoms with Crippen LogP contribution in [-0.4, -0.2) is 29.0 Å². The van der Waals surface area contributed by atoms with E-state index in [1.165, 1.54) is 6.42 Å². The largest absolute Gasteiger partial charge is 0.508 e. The van der Waals surface area contributed by atoms with Gasteiger partial charge in [0.2, 0.25) is 0 Å². The zero-order valence-corrected chi connectivity index (χ0v) is 11.1. The van der Waals surface area contributed by atoms with Crippen LogP contribution >= 0.6 is 0 Å². The summed E-state index contributed by atoms with van der Waals surface area (Å²) in [5.41, 5.74) is 0.509. The van der Waals surface area contributed by atoms with Gasteiger partial charge in [-0.25, -0.2) is 0 Å². The number of rotatable bonds is 3. The highest BCUT2D eigenvalue weighted by atomic mass is 16.5. The molecule has 0 amide bonds. The normalized spacial score (nSPS) is 24.8. The molecule has 0 spiro atoms. The van der Waals surface area contributed by atoms with Crippen LogP contribution in [-0.2, 0) is 0 Å². The Kier molecular flexibility index (Phi) is 3.37. The Bertz CT molecular complexity index is 455. The highest BCUT2D eigenvalue weighted by Crippen LogP contribution is 2.35. The number of aliphatic hydroxyl groups is 1. The van der Waals surface area contributed by atoms with Crippen molar-refractivity contribution in [2.75, 3.05) is 13.2 Å². The number of phenolic OH excluding ortho intramolecular Hbond substituents is 1. The van der Waals surface area contributed by atoms with Crippen molar-refractivity contribution in [3.8, 4) is 11.5 Å². The van der Waals surface area contributed by atoms with E-state index in [0.29, 0.717) is 13.2 Å². The Labute approximate surface area is 113 Å². The molecule has 0 bridgehead atoms. The van der Waals surface area contributed by atoms with E-state index in [-0.39, 0.29) is 11.8 Å². The maximum Gasteiger partial charge on any atom is 0.127 e. The standard InChI is InChI=1S/C15H21NO3/c17-11-4-5-12-13(9-19-14(12)8-11)16-10-15(18)6-2-1-3-7-15/h4-5,8,13,16-18H,1-3,6-7,9-10H2. The molecule has 0 aromatic heterocycles. The Hall–Kier alpha value is -1.26. The molecular weight excluding hydrogens is 242 g/mol. The SMILES string of the molecule is Oc1ccc2c(c1)OCC2NCC1(O)CCCCC1. The quantitative estimate of drug-likeness (QED) is 0.781. The minimum atomic E-state index is -0.558. The summed E-state index contributed by atoms with van der Waals surface area (Å²) in [6.45, 7) is 1.18. The van der Waals surface area contributed by atoms with Crippen molar-refractivity contribution in [3.05, 3.63) is 23.8 Å². The molecule has 1 unspecified atom stereocenters. The fraction of sp³-hybridized carbons (Fsp3) is 0.600. The summed E-state index contributed by atoms with van der Waals surface area (Å²) in [6, 6.07) is 5.32. The van der Waals surface area contributed by atoms with E-state index in [1.807, 2.05) is 6.07 Å². The minimum absolute atomic E-state index is 0.113. The molecule has 1 aliphatic carbocycles. The topological polar surface area (TPSA) is 61.7 Å². The van der Waals surface area contributed by atoms with Crippen LogP contribution in [0.25, 0.3) is 0 Å². The second-order valence-corrected chi connectivity index (χ2v) is 5.75. The van der Waals surface area contributed by atoms with Crippen LogP contribution in [0.3, 0.4) is 0 Å². The lowest BCUT2D eigenvalue weighted by Crippen LogP contribution is -2.43. The molecule has 1 saturated carbocycles. The monoisotopic (exact) mass is 263 g/mol. The van der Waals surface area contributed by atoms with Gasteiger partial charge in [0.15, 0.2) is 0 Å². The van der Waals surface area contributed by atoms with Crippen molar-refractivity contribution in [3.63, 3.8) is 0 Å². The Morgan fingerprint density at radius 2 is 2.05 bits per heavy atom. The number of hydrogen-bond donors (Lipinski definition) is 3. The molecular formula is C15H21NO3. The number of hydrogen-bond acceptors (Lipinski definition) is 4. The number of benzene rings is 1. The first kappa shape index (κ1) is 12.8. The summed E-state index contributed by atoms with van der Waals surface area (Å²) in [5, 5.41) is 23.3. The van der Waals surface area contributed by atoms with Gasteiger partial charge >= 0.3 is 0 Å². The lowest BCUT2D eigenvalue weighted by Gasteiger charge is -2.33. The molecule has 3 rings (SSSR count).